The summed E-state index contributed by atoms with van der Waals surface area (Å²) in [6.45, 7) is 63.9. The number of hydrogen-bond donors (Lipinski definition) is 0. The molecule has 0 N–H and O–H groups in total. The van der Waals surface area contributed by atoms with E-state index in [1.165, 1.54) is 360 Å². The van der Waals surface area contributed by atoms with Crippen molar-refractivity contribution in [2.45, 2.75) is 572 Å². The summed E-state index contributed by atoms with van der Waals surface area (Å²) in [5.41, 5.74) is 0. The number of rotatable bonds is 27. The first kappa shape index (κ1) is 112. The van der Waals surface area contributed by atoms with Crippen LogP contribution in [0.3, 0.4) is 0 Å². The first-order valence-corrected chi connectivity index (χ1v) is 54.7. The normalized spacial score (nSPS) is 35.5. The summed E-state index contributed by atoms with van der Waals surface area (Å²) in [6.07, 6.45) is 88.7. The largest absolute Gasteiger partial charge is 0.0654 e. The zero-order chi connectivity index (χ0) is 85.0. The molecule has 0 heteroatoms. The third-order valence-electron chi connectivity index (χ3n) is 34.6. The van der Waals surface area contributed by atoms with Crippen molar-refractivity contribution in [1.29, 1.82) is 0 Å². The maximum Gasteiger partial charge on any atom is -0.0363 e. The van der Waals surface area contributed by atoms with Crippen LogP contribution in [0.4, 0.5) is 0 Å². The second-order valence-electron chi connectivity index (χ2n) is 44.7. The lowest BCUT2D eigenvalue weighted by Crippen LogP contribution is -2.33. The van der Waals surface area contributed by atoms with Gasteiger partial charge in [-0.15, -0.1) is 0 Å². The van der Waals surface area contributed by atoms with Gasteiger partial charge in [0.15, 0.2) is 0 Å². The Labute approximate surface area is 727 Å². The Morgan fingerprint density at radius 2 is 0.447 bits per heavy atom. The monoisotopic (exact) mass is 1600 g/mol. The lowest BCUT2D eigenvalue weighted by atomic mass is 9.65. The highest BCUT2D eigenvalue weighted by atomic mass is 14.4. The highest BCUT2D eigenvalue weighted by molar-refractivity contribution is 4.84. The first-order valence-electron chi connectivity index (χ1n) is 54.7. The molecule has 0 nitrogen and oxygen atoms in total. The van der Waals surface area contributed by atoms with Crippen molar-refractivity contribution in [3.63, 3.8) is 0 Å². The predicted molar refractivity (Wildman–Crippen MR) is 524 cm³/mol. The fraction of sp³-hybridized carbons (Fsp3) is 1.00. The van der Waals surface area contributed by atoms with Crippen LogP contribution in [-0.2, 0) is 0 Å². The summed E-state index contributed by atoms with van der Waals surface area (Å²) in [6, 6.07) is 0. The summed E-state index contributed by atoms with van der Waals surface area (Å²) in [4.78, 5) is 0. The molecule has 0 radical (unpaired) electrons. The average molecular weight is 1600 g/mol. The van der Waals surface area contributed by atoms with E-state index in [-0.39, 0.29) is 0 Å². The molecule has 13 atom stereocenters. The maximum absolute atomic E-state index is 2.45. The zero-order valence-corrected chi connectivity index (χ0v) is 85.0. The minimum atomic E-state index is 0.896. The lowest BCUT2D eigenvalue weighted by Gasteiger charge is -2.41. The van der Waals surface area contributed by atoms with E-state index in [1.807, 2.05) is 0 Å². The van der Waals surface area contributed by atoms with Gasteiger partial charge in [0.2, 0.25) is 0 Å². The van der Waals surface area contributed by atoms with Gasteiger partial charge in [-0.2, -0.15) is 0 Å². The van der Waals surface area contributed by atoms with Crippen LogP contribution in [0.15, 0.2) is 0 Å². The molecule has 0 spiro atoms. The third kappa shape index (κ3) is 53.2. The van der Waals surface area contributed by atoms with Crippen molar-refractivity contribution < 1.29 is 0 Å². The topological polar surface area (TPSA) is 0 Å². The van der Waals surface area contributed by atoms with Gasteiger partial charge in [0, 0.05) is 0 Å². The molecule has 0 aliphatic heterocycles. The maximum atomic E-state index is 2.45. The minimum absolute atomic E-state index is 0.896. The van der Waals surface area contributed by atoms with Crippen LogP contribution in [0.1, 0.15) is 572 Å². The molecule has 13 unspecified atom stereocenters. The van der Waals surface area contributed by atoms with Crippen LogP contribution in [0.2, 0.25) is 0 Å². The molecular formula is C114H228. The van der Waals surface area contributed by atoms with Gasteiger partial charge in [0.1, 0.15) is 0 Å². The van der Waals surface area contributed by atoms with Crippen LogP contribution < -0.4 is 0 Å². The van der Waals surface area contributed by atoms with Gasteiger partial charge in [0.05, 0.1) is 0 Å². The Hall–Kier alpha value is 0. The van der Waals surface area contributed by atoms with Gasteiger partial charge < -0.3 is 0 Å². The smallest absolute Gasteiger partial charge is 0.0363 e. The van der Waals surface area contributed by atoms with Crippen LogP contribution in [-0.4, -0.2) is 0 Å². The Balaban J connectivity index is 0.000000636. The fourth-order valence-corrected chi connectivity index (χ4v) is 23.9. The molecule has 0 amide bonds. The molecule has 0 aromatic rings. The predicted octanol–water partition coefficient (Wildman–Crippen LogP) is 40.6. The van der Waals surface area contributed by atoms with E-state index in [4.69, 9.17) is 0 Å². The molecule has 0 aromatic heterocycles. The van der Waals surface area contributed by atoms with Crippen molar-refractivity contribution in [3.8, 4) is 0 Å². The summed E-state index contributed by atoms with van der Waals surface area (Å²) < 4.78 is 0. The van der Waals surface area contributed by atoms with Crippen molar-refractivity contribution in [2.24, 2.45) is 160 Å². The highest BCUT2D eigenvalue weighted by Gasteiger charge is 2.34. The lowest BCUT2D eigenvalue weighted by molar-refractivity contribution is 0.0855. The molecule has 114 heavy (non-hydrogen) atoms. The third-order valence-corrected chi connectivity index (χ3v) is 34.6. The van der Waals surface area contributed by atoms with Gasteiger partial charge in [-0.05, 0) is 185 Å². The van der Waals surface area contributed by atoms with E-state index in [1.54, 1.807) is 25.7 Å². The molecule has 10 aliphatic rings. The second-order valence-corrected chi connectivity index (χ2v) is 44.7. The molecule has 684 valence electrons. The SMILES string of the molecule is CC1CC(C)C(C)C(C)C1C.CC1CCC(C)C(C(C)C)C1.CC1CCC(C)C(C)C1.CCC1CCC(C)CC1.CCC1CCC(CC)CC1.CCCC1CCC(CC)CC1.CCCC1CCC(CCC)CC1.CCCCC1CC(C)CCC1C.CCCCCC1CCC(CC)CC1.CCCCCC1CCC(CCCCC)CC1. The van der Waals surface area contributed by atoms with E-state index in [0.717, 1.165) is 160 Å². The molecule has 10 aliphatic carbocycles. The van der Waals surface area contributed by atoms with E-state index < -0.39 is 0 Å². The van der Waals surface area contributed by atoms with Crippen LogP contribution >= 0.6 is 0 Å². The highest BCUT2D eigenvalue weighted by Crippen LogP contribution is 2.44. The van der Waals surface area contributed by atoms with E-state index in [2.05, 4.69) is 187 Å². The standard InChI is InChI=1S/C16H32.C13H26.2C12H24.3C11H22.C10H20.2C9H18/c1-3-5-7-9-15-11-13-16(14-12-15)10-8-6-4-2;1-3-5-6-7-13-10-8-12(4-2)9-11-13;1-4-5-6-12-9-10(2)7-8-11(12)3;1-3-5-11-7-9-12(6-4-2)10-8-11;1-7-6-8(2)10(4)11(5)9(7)3;1-8(2)11-7-9(3)5-6-10(11)4;1-3-5-11-8-6-10(4-2)7-9-11;1-3-9-5-7-10(4-2)8-6-9;1-7-4-5-8(2)9(3)6-7;1-3-9-6-4-8(2)5-7-9/h15-16H,3-14H2,1-2H3;12-13H,3-11H2,1-2H3;10-12H,4-9H2,1-3H3;11-12H,3-10H2,1-2H3;7-11H,6H2,1-5H3;8-11H,5-7H2,1-4H3;10-11H,3-9H2,1-2H3;9-10H,3-8H2,1-2H3;7-9H,4-6H2,1-3H3;8-9H,3-7H2,1-2H3. The molecule has 10 fully saturated rings. The van der Waals surface area contributed by atoms with Crippen LogP contribution in [0, 0.1) is 160 Å². The van der Waals surface area contributed by atoms with Gasteiger partial charge in [-0.3, -0.25) is 0 Å². The van der Waals surface area contributed by atoms with E-state index >= 15 is 0 Å². The van der Waals surface area contributed by atoms with Crippen molar-refractivity contribution in [1.82, 2.24) is 0 Å². The van der Waals surface area contributed by atoms with Crippen LogP contribution in [0.5, 0.6) is 0 Å². The van der Waals surface area contributed by atoms with Crippen molar-refractivity contribution >= 4 is 0 Å². The van der Waals surface area contributed by atoms with Gasteiger partial charge >= 0.3 is 0 Å². The molecule has 0 aromatic carbocycles. The van der Waals surface area contributed by atoms with Gasteiger partial charge in [-0.25, -0.2) is 0 Å². The Morgan fingerprint density at radius 1 is 0.184 bits per heavy atom. The average Bonchev–Trinajstić information content (AvgIpc) is 0.833. The van der Waals surface area contributed by atoms with Crippen molar-refractivity contribution in [2.75, 3.05) is 0 Å². The van der Waals surface area contributed by atoms with Crippen molar-refractivity contribution in [3.05, 3.63) is 0 Å². The Bertz CT molecular complexity index is 1900. The van der Waals surface area contributed by atoms with E-state index in [9.17, 15) is 0 Å². The van der Waals surface area contributed by atoms with Gasteiger partial charge in [-0.1, -0.05) is 547 Å². The molecule has 10 rings (SSSR count). The second kappa shape index (κ2) is 71.3. The first-order chi connectivity index (χ1) is 54.7. The molecule has 0 saturated heterocycles. The molecule has 0 bridgehead atoms. The Morgan fingerprint density at radius 3 is 0.719 bits per heavy atom. The number of hydrogen-bond acceptors (Lipinski definition) is 0. The quantitative estimate of drug-likeness (QED) is 0.0719. The van der Waals surface area contributed by atoms with E-state index in [0.29, 0.717) is 0 Å². The minimum Gasteiger partial charge on any atom is -0.0654 e. The summed E-state index contributed by atoms with van der Waals surface area (Å²) in [5.74, 6) is 27.5. The molecule has 0 heterocycles. The molecular weight excluding hydrogens is 1370 g/mol. The van der Waals surface area contributed by atoms with Gasteiger partial charge in [0.25, 0.3) is 0 Å². The zero-order valence-electron chi connectivity index (χ0n) is 85.0. The number of unbranched alkanes of at least 4 members (excludes halogenated alkanes) is 7. The summed E-state index contributed by atoms with van der Waals surface area (Å²) in [7, 11) is 0. The summed E-state index contributed by atoms with van der Waals surface area (Å²) >= 11 is 0. The molecule has 10 saturated carbocycles. The Kier molecular flexibility index (Phi) is 70.1. The van der Waals surface area contributed by atoms with Crippen LogP contribution in [0.25, 0.3) is 0 Å². The summed E-state index contributed by atoms with van der Waals surface area (Å²) in [5, 5.41) is 0. The fourth-order valence-electron chi connectivity index (χ4n) is 23.9.